The van der Waals surface area contributed by atoms with E-state index in [9.17, 15) is 4.79 Å². The Kier molecular flexibility index (Phi) is 3.83. The molecule has 8 heteroatoms. The van der Waals surface area contributed by atoms with Gasteiger partial charge in [-0.3, -0.25) is 0 Å². The lowest BCUT2D eigenvalue weighted by molar-refractivity contribution is 0.0696. The number of carbonyl (C=O) groups is 1. The Labute approximate surface area is 102 Å². The van der Waals surface area contributed by atoms with Crippen molar-refractivity contribution in [3.63, 3.8) is 0 Å². The van der Waals surface area contributed by atoms with E-state index in [4.69, 9.17) is 27.6 Å². The Hall–Kier alpha value is -3.08. The summed E-state index contributed by atoms with van der Waals surface area (Å²) >= 11 is 0. The average Bonchev–Trinajstić information content (AvgIpc) is 2.27. The first-order chi connectivity index (χ1) is 8.43. The van der Waals surface area contributed by atoms with Crippen molar-refractivity contribution in [2.24, 2.45) is 27.2 Å². The molecule has 0 saturated heterocycles. The van der Waals surface area contributed by atoms with Crippen LogP contribution in [0.25, 0.3) is 0 Å². The van der Waals surface area contributed by atoms with Crippen LogP contribution in [0, 0.1) is 11.3 Å². The summed E-state index contributed by atoms with van der Waals surface area (Å²) in [5.41, 5.74) is 15.7. The molecule has 0 spiro atoms. The first-order valence-electron chi connectivity index (χ1n) is 4.65. The number of carboxylic acids is 1. The molecule has 0 atom stereocenters. The van der Waals surface area contributed by atoms with Crippen LogP contribution in [0.5, 0.6) is 0 Å². The van der Waals surface area contributed by atoms with Gasteiger partial charge in [0.25, 0.3) is 0 Å². The van der Waals surface area contributed by atoms with Gasteiger partial charge in [-0.1, -0.05) is 0 Å². The van der Waals surface area contributed by atoms with Crippen molar-refractivity contribution < 1.29 is 9.90 Å². The molecule has 0 amide bonds. The van der Waals surface area contributed by atoms with E-state index in [1.54, 1.807) is 6.07 Å². The number of aromatic carboxylic acids is 1. The Morgan fingerprint density at radius 3 is 2.50 bits per heavy atom. The van der Waals surface area contributed by atoms with Gasteiger partial charge in [0, 0.05) is 0 Å². The number of nitrogens with two attached hydrogens (primary N) is 3. The molecule has 0 bridgehead atoms. The van der Waals surface area contributed by atoms with E-state index in [0.29, 0.717) is 0 Å². The highest BCUT2D eigenvalue weighted by Crippen LogP contribution is 2.18. The topological polar surface area (TPSA) is 164 Å². The molecule has 0 heterocycles. The van der Waals surface area contributed by atoms with Crippen LogP contribution < -0.4 is 17.2 Å². The number of benzene rings is 1. The third-order valence-corrected chi connectivity index (χ3v) is 1.84. The maximum atomic E-state index is 10.8. The molecule has 7 N–H and O–H groups in total. The van der Waals surface area contributed by atoms with Gasteiger partial charge in [-0.05, 0) is 18.2 Å². The van der Waals surface area contributed by atoms with Crippen LogP contribution >= 0.6 is 0 Å². The number of hydrogen-bond donors (Lipinski definition) is 4. The lowest BCUT2D eigenvalue weighted by Crippen LogP contribution is -2.26. The summed E-state index contributed by atoms with van der Waals surface area (Å²) in [6.45, 7) is 0. The summed E-state index contributed by atoms with van der Waals surface area (Å²) in [6, 6.07) is 5.67. The van der Waals surface area contributed by atoms with Crippen molar-refractivity contribution in [1.82, 2.24) is 0 Å². The van der Waals surface area contributed by atoms with Crippen LogP contribution in [-0.2, 0) is 0 Å². The zero-order chi connectivity index (χ0) is 13.7. The molecule has 1 aromatic carbocycles. The molecule has 0 aliphatic heterocycles. The standard InChI is InChI=1S/C10H10N6O2/c11-4-5-3-6(1-2-7(5)8(17)18)15-10(14)16-9(12)13/h1-3H,(H,17,18)(H6,12,13,14,15,16). The molecule has 1 rings (SSSR count). The number of carboxylic acid groups (broad SMARTS) is 1. The fraction of sp³-hybridized carbons (Fsp3) is 0. The number of nitriles is 1. The van der Waals surface area contributed by atoms with Gasteiger partial charge in [0.15, 0.2) is 5.96 Å². The van der Waals surface area contributed by atoms with E-state index in [1.807, 2.05) is 0 Å². The van der Waals surface area contributed by atoms with Gasteiger partial charge in [0.1, 0.15) is 6.07 Å². The Morgan fingerprint density at radius 1 is 1.33 bits per heavy atom. The summed E-state index contributed by atoms with van der Waals surface area (Å²) in [5.74, 6) is -1.64. The molecule has 0 fully saturated rings. The van der Waals surface area contributed by atoms with Crippen LogP contribution in [0.2, 0.25) is 0 Å². The number of guanidine groups is 2. The minimum atomic E-state index is -1.20. The summed E-state index contributed by atoms with van der Waals surface area (Å²) in [7, 11) is 0. The SMILES string of the molecule is N#Cc1cc(N=C(N)N=C(N)N)ccc1C(=O)O. The number of rotatable bonds is 2. The second-order valence-electron chi connectivity index (χ2n) is 3.15. The Balaban J connectivity index is 3.19. The predicted molar refractivity (Wildman–Crippen MR) is 65.2 cm³/mol. The molecule has 0 aliphatic carbocycles. The minimum absolute atomic E-state index is 0.0266. The maximum absolute atomic E-state index is 10.8. The van der Waals surface area contributed by atoms with Gasteiger partial charge >= 0.3 is 5.97 Å². The van der Waals surface area contributed by atoms with E-state index < -0.39 is 5.97 Å². The number of nitrogens with zero attached hydrogens (tertiary/aromatic N) is 3. The van der Waals surface area contributed by atoms with Crippen LogP contribution in [0.15, 0.2) is 28.2 Å². The smallest absolute Gasteiger partial charge is 0.337 e. The fourth-order valence-corrected chi connectivity index (χ4v) is 1.17. The van der Waals surface area contributed by atoms with E-state index in [-0.39, 0.29) is 28.7 Å². The van der Waals surface area contributed by atoms with Crippen molar-refractivity contribution in [3.05, 3.63) is 29.3 Å². The Bertz CT molecular complexity index is 581. The van der Waals surface area contributed by atoms with Crippen LogP contribution in [0.3, 0.4) is 0 Å². The Morgan fingerprint density at radius 2 is 2.00 bits per heavy atom. The molecule has 0 unspecified atom stereocenters. The highest BCUT2D eigenvalue weighted by atomic mass is 16.4. The second kappa shape index (κ2) is 5.31. The summed E-state index contributed by atoms with van der Waals surface area (Å²) in [5, 5.41) is 17.6. The molecular formula is C10H10N6O2. The third kappa shape index (κ3) is 3.21. The molecule has 0 saturated carbocycles. The third-order valence-electron chi connectivity index (χ3n) is 1.84. The van der Waals surface area contributed by atoms with Gasteiger partial charge in [0.05, 0.1) is 16.8 Å². The van der Waals surface area contributed by atoms with E-state index in [0.717, 1.165) is 0 Å². The normalized spacial score (nSPS) is 10.5. The lowest BCUT2D eigenvalue weighted by Gasteiger charge is -2.00. The molecule has 18 heavy (non-hydrogen) atoms. The molecule has 92 valence electrons. The quantitative estimate of drug-likeness (QED) is 0.404. The molecule has 0 aliphatic rings. The van der Waals surface area contributed by atoms with Crippen LogP contribution in [0.4, 0.5) is 5.69 Å². The maximum Gasteiger partial charge on any atom is 0.337 e. The first-order valence-corrected chi connectivity index (χ1v) is 4.65. The molecule has 0 radical (unpaired) electrons. The van der Waals surface area contributed by atoms with Crippen molar-refractivity contribution in [2.45, 2.75) is 0 Å². The van der Waals surface area contributed by atoms with Gasteiger partial charge in [0.2, 0.25) is 5.96 Å². The van der Waals surface area contributed by atoms with E-state index in [2.05, 4.69) is 9.98 Å². The zero-order valence-electron chi connectivity index (χ0n) is 9.16. The fourth-order valence-electron chi connectivity index (χ4n) is 1.17. The minimum Gasteiger partial charge on any atom is -0.478 e. The summed E-state index contributed by atoms with van der Waals surface area (Å²) in [4.78, 5) is 18.1. The van der Waals surface area contributed by atoms with Crippen molar-refractivity contribution in [3.8, 4) is 6.07 Å². The number of hydrogen-bond acceptors (Lipinski definition) is 3. The summed E-state index contributed by atoms with van der Waals surface area (Å²) in [6.07, 6.45) is 0. The first kappa shape index (κ1) is 13.0. The highest BCUT2D eigenvalue weighted by molar-refractivity contribution is 5.94. The zero-order valence-corrected chi connectivity index (χ0v) is 9.16. The van der Waals surface area contributed by atoms with Crippen molar-refractivity contribution in [2.75, 3.05) is 0 Å². The summed E-state index contributed by atoms with van der Waals surface area (Å²) < 4.78 is 0. The van der Waals surface area contributed by atoms with Gasteiger partial charge in [-0.15, -0.1) is 0 Å². The van der Waals surface area contributed by atoms with Crippen molar-refractivity contribution in [1.29, 1.82) is 5.26 Å². The van der Waals surface area contributed by atoms with Crippen LogP contribution in [-0.4, -0.2) is 23.0 Å². The van der Waals surface area contributed by atoms with E-state index >= 15 is 0 Å². The van der Waals surface area contributed by atoms with Crippen molar-refractivity contribution >= 4 is 23.6 Å². The molecular weight excluding hydrogens is 236 g/mol. The van der Waals surface area contributed by atoms with E-state index in [1.165, 1.54) is 18.2 Å². The van der Waals surface area contributed by atoms with Gasteiger partial charge < -0.3 is 22.3 Å². The predicted octanol–water partition coefficient (Wildman–Crippen LogP) is -0.524. The largest absolute Gasteiger partial charge is 0.478 e. The molecule has 8 nitrogen and oxygen atoms in total. The lowest BCUT2D eigenvalue weighted by atomic mass is 10.1. The highest BCUT2D eigenvalue weighted by Gasteiger charge is 2.10. The second-order valence-corrected chi connectivity index (χ2v) is 3.15. The van der Waals surface area contributed by atoms with Gasteiger partial charge in [-0.2, -0.15) is 10.3 Å². The monoisotopic (exact) mass is 246 g/mol. The molecule has 1 aromatic rings. The number of aliphatic imine (C=N–C) groups is 2. The van der Waals surface area contributed by atoms with Crippen LogP contribution in [0.1, 0.15) is 15.9 Å². The van der Waals surface area contributed by atoms with Gasteiger partial charge in [-0.25, -0.2) is 9.79 Å². The average molecular weight is 246 g/mol. The molecule has 0 aromatic heterocycles.